The van der Waals surface area contributed by atoms with Crippen LogP contribution in [0.3, 0.4) is 0 Å². The minimum absolute atomic E-state index is 0.0953. The van der Waals surface area contributed by atoms with Crippen molar-refractivity contribution in [3.63, 3.8) is 0 Å². The molecule has 2 N–H and O–H groups in total. The van der Waals surface area contributed by atoms with Crippen LogP contribution in [0.1, 0.15) is 43.1 Å². The molecule has 0 spiro atoms. The summed E-state index contributed by atoms with van der Waals surface area (Å²) in [6.45, 7) is 4.69. The van der Waals surface area contributed by atoms with Gasteiger partial charge < -0.3 is 25.0 Å². The zero-order valence-corrected chi connectivity index (χ0v) is 15.6. The molecule has 0 aromatic carbocycles. The number of piperidine rings is 1. The van der Waals surface area contributed by atoms with Gasteiger partial charge in [-0.2, -0.15) is 0 Å². The third-order valence-electron chi connectivity index (χ3n) is 4.76. The van der Waals surface area contributed by atoms with Crippen molar-refractivity contribution in [3.8, 4) is 0 Å². The van der Waals surface area contributed by atoms with Crippen LogP contribution in [0.4, 0.5) is 10.7 Å². The Hall–Kier alpha value is -2.42. The number of ether oxygens (including phenoxy) is 2. The average molecular weight is 377 g/mol. The van der Waals surface area contributed by atoms with E-state index in [1.165, 1.54) is 0 Å². The number of hydrogen-bond donors (Lipinski definition) is 2. The Morgan fingerprint density at radius 2 is 2.15 bits per heavy atom. The summed E-state index contributed by atoms with van der Waals surface area (Å²) in [5.74, 6) is 0.197. The molecule has 0 saturated carbocycles. The van der Waals surface area contributed by atoms with Crippen molar-refractivity contribution in [1.82, 2.24) is 20.2 Å². The summed E-state index contributed by atoms with van der Waals surface area (Å²) in [5.41, 5.74) is 0.328. The Balaban J connectivity index is 1.47. The Bertz CT molecular complexity index is 642. The van der Waals surface area contributed by atoms with E-state index in [9.17, 15) is 9.59 Å². The smallest absolute Gasteiger partial charge is 0.409 e. The summed E-state index contributed by atoms with van der Waals surface area (Å²) >= 11 is 0. The molecule has 2 amide bonds. The maximum atomic E-state index is 12.3. The molecule has 2 aliphatic rings. The number of carbonyl (C=O) groups is 2. The second-order valence-electron chi connectivity index (χ2n) is 6.72. The van der Waals surface area contributed by atoms with Crippen molar-refractivity contribution in [3.05, 3.63) is 18.0 Å². The van der Waals surface area contributed by atoms with E-state index in [-0.39, 0.29) is 24.1 Å². The molecule has 2 fully saturated rings. The third-order valence-corrected chi connectivity index (χ3v) is 4.76. The molecule has 1 unspecified atom stereocenters. The molecular weight excluding hydrogens is 350 g/mol. The summed E-state index contributed by atoms with van der Waals surface area (Å²) in [5, 5.41) is 6.12. The van der Waals surface area contributed by atoms with Crippen LogP contribution in [0.5, 0.6) is 0 Å². The van der Waals surface area contributed by atoms with Gasteiger partial charge in [0.25, 0.3) is 5.91 Å². The molecule has 1 atom stereocenters. The maximum Gasteiger partial charge on any atom is 0.409 e. The first kappa shape index (κ1) is 19.3. The van der Waals surface area contributed by atoms with Crippen molar-refractivity contribution in [2.45, 2.75) is 44.8 Å². The quantitative estimate of drug-likeness (QED) is 0.772. The maximum absolute atomic E-state index is 12.3. The summed E-state index contributed by atoms with van der Waals surface area (Å²) < 4.78 is 10.5. The second-order valence-corrected chi connectivity index (χ2v) is 6.72. The summed E-state index contributed by atoms with van der Waals surface area (Å²) in [7, 11) is 0. The Morgan fingerprint density at radius 1 is 1.33 bits per heavy atom. The molecule has 0 bridgehead atoms. The van der Waals surface area contributed by atoms with E-state index in [2.05, 4.69) is 20.6 Å². The molecule has 0 aliphatic carbocycles. The van der Waals surface area contributed by atoms with Crippen LogP contribution < -0.4 is 10.6 Å². The van der Waals surface area contributed by atoms with Crippen LogP contribution in [0.25, 0.3) is 0 Å². The zero-order chi connectivity index (χ0) is 19.1. The lowest BCUT2D eigenvalue weighted by atomic mass is 10.1. The fourth-order valence-corrected chi connectivity index (χ4v) is 3.26. The van der Waals surface area contributed by atoms with Gasteiger partial charge in [-0.1, -0.05) is 0 Å². The van der Waals surface area contributed by atoms with Crippen LogP contribution in [-0.4, -0.2) is 71.9 Å². The summed E-state index contributed by atoms with van der Waals surface area (Å²) in [4.78, 5) is 34.3. The number of hydrogen-bond acceptors (Lipinski definition) is 7. The molecule has 148 valence electrons. The minimum Gasteiger partial charge on any atom is -0.450 e. The number of likely N-dealkylation sites (tertiary alicyclic amines) is 1. The van der Waals surface area contributed by atoms with E-state index in [1.54, 1.807) is 24.1 Å². The van der Waals surface area contributed by atoms with Crippen LogP contribution in [0, 0.1) is 0 Å². The average Bonchev–Trinajstić information content (AvgIpc) is 3.21. The van der Waals surface area contributed by atoms with Crippen LogP contribution >= 0.6 is 0 Å². The van der Waals surface area contributed by atoms with Gasteiger partial charge in [-0.3, -0.25) is 4.79 Å². The number of aromatic nitrogens is 2. The van der Waals surface area contributed by atoms with Gasteiger partial charge in [-0.15, -0.1) is 0 Å². The first-order chi connectivity index (χ1) is 13.2. The van der Waals surface area contributed by atoms with Crippen LogP contribution in [0.15, 0.2) is 12.3 Å². The molecule has 9 nitrogen and oxygen atoms in total. The molecule has 9 heteroatoms. The normalized spacial score (nSPS) is 20.3. The lowest BCUT2D eigenvalue weighted by Gasteiger charge is -2.31. The molecule has 3 rings (SSSR count). The van der Waals surface area contributed by atoms with Crippen molar-refractivity contribution >= 4 is 17.9 Å². The third kappa shape index (κ3) is 5.53. The topological polar surface area (TPSA) is 106 Å². The first-order valence-corrected chi connectivity index (χ1v) is 9.56. The number of nitrogens with one attached hydrogen (secondary N) is 2. The van der Waals surface area contributed by atoms with Gasteiger partial charge in [0.2, 0.25) is 5.95 Å². The van der Waals surface area contributed by atoms with Crippen LogP contribution in [0.2, 0.25) is 0 Å². The highest BCUT2D eigenvalue weighted by Crippen LogP contribution is 2.15. The monoisotopic (exact) mass is 377 g/mol. The van der Waals surface area contributed by atoms with Gasteiger partial charge in [0.05, 0.1) is 12.7 Å². The van der Waals surface area contributed by atoms with Gasteiger partial charge in [0, 0.05) is 38.5 Å². The van der Waals surface area contributed by atoms with Gasteiger partial charge in [-0.05, 0) is 38.7 Å². The first-order valence-electron chi connectivity index (χ1n) is 9.56. The number of rotatable bonds is 6. The Kier molecular flexibility index (Phi) is 6.80. The highest BCUT2D eigenvalue weighted by Gasteiger charge is 2.24. The van der Waals surface area contributed by atoms with E-state index in [0.717, 1.165) is 32.3 Å². The second kappa shape index (κ2) is 9.50. The summed E-state index contributed by atoms with van der Waals surface area (Å²) in [6.07, 6.45) is 4.97. The molecule has 1 aromatic rings. The van der Waals surface area contributed by atoms with Crippen molar-refractivity contribution in [2.75, 3.05) is 38.2 Å². The molecule has 27 heavy (non-hydrogen) atoms. The van der Waals surface area contributed by atoms with E-state index in [4.69, 9.17) is 9.47 Å². The summed E-state index contributed by atoms with van der Waals surface area (Å²) in [6, 6.07) is 1.75. The van der Waals surface area contributed by atoms with Crippen molar-refractivity contribution < 1.29 is 19.1 Å². The highest BCUT2D eigenvalue weighted by atomic mass is 16.6. The van der Waals surface area contributed by atoms with E-state index in [1.807, 2.05) is 0 Å². The van der Waals surface area contributed by atoms with E-state index < -0.39 is 0 Å². The number of carbonyl (C=O) groups excluding carboxylic acids is 2. The lowest BCUT2D eigenvalue weighted by molar-refractivity contribution is 0.0853. The molecule has 0 radical (unpaired) electrons. The molecule has 1 aromatic heterocycles. The Labute approximate surface area is 158 Å². The molecule has 3 heterocycles. The standard InChI is InChI=1S/C18H27N5O4/c1-2-26-18(25)23-9-6-13(7-10-23)21-17-19-8-5-15(22-17)16(24)20-12-14-4-3-11-27-14/h5,8,13-14H,2-4,6-7,9-12H2,1H3,(H,20,24)(H,19,21,22). The van der Waals surface area contributed by atoms with Crippen molar-refractivity contribution in [1.29, 1.82) is 0 Å². The highest BCUT2D eigenvalue weighted by molar-refractivity contribution is 5.92. The zero-order valence-electron chi connectivity index (χ0n) is 15.6. The van der Waals surface area contributed by atoms with Gasteiger partial charge in [0.1, 0.15) is 5.69 Å². The number of amides is 2. The van der Waals surface area contributed by atoms with E-state index >= 15 is 0 Å². The van der Waals surface area contributed by atoms with Crippen molar-refractivity contribution in [2.24, 2.45) is 0 Å². The minimum atomic E-state index is -0.267. The number of anilines is 1. The predicted molar refractivity (Wildman–Crippen MR) is 98.6 cm³/mol. The van der Waals surface area contributed by atoms with Crippen LogP contribution in [-0.2, 0) is 9.47 Å². The SMILES string of the molecule is CCOC(=O)N1CCC(Nc2nccc(C(=O)NCC3CCCO3)n2)CC1. The fourth-order valence-electron chi connectivity index (χ4n) is 3.26. The van der Waals surface area contributed by atoms with Gasteiger partial charge in [-0.25, -0.2) is 14.8 Å². The largest absolute Gasteiger partial charge is 0.450 e. The van der Waals surface area contributed by atoms with Gasteiger partial charge in [0.15, 0.2) is 0 Å². The number of nitrogens with zero attached hydrogens (tertiary/aromatic N) is 3. The Morgan fingerprint density at radius 3 is 2.85 bits per heavy atom. The molecular formula is C18H27N5O4. The lowest BCUT2D eigenvalue weighted by Crippen LogP contribution is -2.42. The predicted octanol–water partition coefficient (Wildman–Crippen LogP) is 1.42. The molecule has 2 saturated heterocycles. The molecule has 2 aliphatic heterocycles. The van der Waals surface area contributed by atoms with E-state index in [0.29, 0.717) is 37.9 Å². The van der Waals surface area contributed by atoms with Gasteiger partial charge >= 0.3 is 6.09 Å². The fraction of sp³-hybridized carbons (Fsp3) is 0.667.